The van der Waals surface area contributed by atoms with Crippen molar-refractivity contribution in [2.24, 2.45) is 23.1 Å². The maximum atomic E-state index is 14.1. The monoisotopic (exact) mass is 760 g/mol. The molecule has 1 heterocycles. The highest BCUT2D eigenvalue weighted by atomic mass is 16.3. The summed E-state index contributed by atoms with van der Waals surface area (Å²) in [5, 5.41) is 28.6. The summed E-state index contributed by atoms with van der Waals surface area (Å²) in [7, 11) is 0. The summed E-state index contributed by atoms with van der Waals surface area (Å²) in [6.07, 6.45) is -2.91. The number of rotatable bonds is 21. The Bertz CT molecular complexity index is 1520. The number of nitrogens with two attached hydrogens (primary N) is 3. The Morgan fingerprint density at radius 1 is 0.963 bits per heavy atom. The van der Waals surface area contributed by atoms with E-state index in [4.69, 9.17) is 17.2 Å². The molecule has 0 spiro atoms. The molecule has 8 amide bonds. The Kier molecular flexibility index (Phi) is 18.0. The number of nitrogens with zero attached hydrogens (tertiary/aromatic N) is 2. The highest BCUT2D eigenvalue weighted by Gasteiger charge is 2.41. The molecule has 2 unspecified atom stereocenters. The van der Waals surface area contributed by atoms with Crippen LogP contribution in [0.3, 0.4) is 0 Å². The second-order valence-corrected chi connectivity index (χ2v) is 13.5. The minimum Gasteiger partial charge on any atom is -0.394 e. The number of carbonyl (C=O) groups is 9. The minimum atomic E-state index is -1.97. The third kappa shape index (κ3) is 13.1. The first kappa shape index (κ1) is 45.0. The molecule has 19 nitrogen and oxygen atoms in total. The van der Waals surface area contributed by atoms with E-state index in [0.29, 0.717) is 36.1 Å². The number of primary amides is 2. The number of aldehydes is 1. The van der Waals surface area contributed by atoms with Gasteiger partial charge in [-0.1, -0.05) is 44.2 Å². The van der Waals surface area contributed by atoms with Crippen molar-refractivity contribution in [3.8, 4) is 0 Å². The van der Waals surface area contributed by atoms with Gasteiger partial charge < -0.3 is 48.2 Å². The summed E-state index contributed by atoms with van der Waals surface area (Å²) in [4.78, 5) is 118. The lowest BCUT2D eigenvalue weighted by Crippen LogP contribution is -2.61. The van der Waals surface area contributed by atoms with Crippen LogP contribution in [0.25, 0.3) is 0 Å². The number of hydrogen-bond acceptors (Lipinski definition) is 13. The fourth-order valence-electron chi connectivity index (χ4n) is 5.96. The number of imide groups is 2. The number of amides is 8. The largest absolute Gasteiger partial charge is 0.394 e. The molecule has 11 N–H and O–H groups in total. The first-order chi connectivity index (χ1) is 25.4. The molecule has 0 radical (unpaired) electrons. The Labute approximate surface area is 312 Å². The van der Waals surface area contributed by atoms with E-state index in [1.165, 1.54) is 0 Å². The Balaban J connectivity index is 2.54. The normalized spacial score (nSPS) is 17.2. The predicted octanol–water partition coefficient (Wildman–Crippen LogP) is -3.52. The van der Waals surface area contributed by atoms with Crippen LogP contribution in [-0.2, 0) is 49.6 Å². The van der Waals surface area contributed by atoms with Gasteiger partial charge in [-0.15, -0.1) is 0 Å². The molecular formula is C35H52N8O11. The van der Waals surface area contributed by atoms with Crippen LogP contribution in [0.15, 0.2) is 30.3 Å². The summed E-state index contributed by atoms with van der Waals surface area (Å²) >= 11 is 0. The van der Waals surface area contributed by atoms with Crippen molar-refractivity contribution in [2.75, 3.05) is 13.2 Å². The fourth-order valence-corrected chi connectivity index (χ4v) is 5.96. The zero-order valence-electron chi connectivity index (χ0n) is 30.6. The average molecular weight is 761 g/mol. The first-order valence-electron chi connectivity index (χ1n) is 17.6. The van der Waals surface area contributed by atoms with Crippen LogP contribution in [0, 0.1) is 5.92 Å². The molecule has 298 valence electrons. The maximum absolute atomic E-state index is 14.1. The molecule has 1 saturated heterocycles. The molecule has 7 atom stereocenters. The van der Waals surface area contributed by atoms with E-state index in [9.17, 15) is 53.4 Å². The molecule has 1 aromatic carbocycles. The van der Waals surface area contributed by atoms with E-state index in [1.807, 2.05) is 0 Å². The lowest BCUT2D eigenvalue weighted by atomic mass is 9.96. The summed E-state index contributed by atoms with van der Waals surface area (Å²) in [6.45, 7) is 3.89. The smallest absolute Gasteiger partial charge is 0.252 e. The topological polar surface area (TPSA) is 315 Å². The van der Waals surface area contributed by atoms with Crippen LogP contribution < -0.4 is 33.2 Å². The molecule has 1 aromatic rings. The van der Waals surface area contributed by atoms with Gasteiger partial charge in [0.25, 0.3) is 5.91 Å². The molecule has 1 aliphatic rings. The number of aliphatic hydroxyl groups excluding tert-OH is 2. The number of nitrogens with one attached hydrogen (secondary N) is 3. The molecular weight excluding hydrogens is 708 g/mol. The standard InChI is InChI=1S/C35H52N8O11/c1-19(2)27(18-45)43(34(53)23-10-7-13-39-23)31(50)16-28(47)25(14-21-8-5-4-6-9-21)41-33(52)26(15-30(38)49)42(20(3)46)35(54)24(11-12-29(37)48)40-32(51)22(36)17-44/h4-6,8-9,18-19,22-28,39,44,47H,7,10-17,36H2,1-3H3,(H2,37,48)(H2,38,49)(H,40,51)(H,41,52)/t22-,23-,24-,25?,26-,27+,28?/m0/s1. The zero-order chi connectivity index (χ0) is 40.7. The van der Waals surface area contributed by atoms with Gasteiger partial charge in [0.05, 0.1) is 43.7 Å². The highest BCUT2D eigenvalue weighted by molar-refractivity contribution is 6.04. The van der Waals surface area contributed by atoms with Crippen molar-refractivity contribution >= 4 is 53.5 Å². The van der Waals surface area contributed by atoms with Gasteiger partial charge in [-0.05, 0) is 43.7 Å². The van der Waals surface area contributed by atoms with Gasteiger partial charge in [-0.25, -0.2) is 0 Å². The summed E-state index contributed by atoms with van der Waals surface area (Å²) in [6, 6.07) is -0.0366. The molecule has 54 heavy (non-hydrogen) atoms. The van der Waals surface area contributed by atoms with Gasteiger partial charge in [-0.2, -0.15) is 0 Å². The van der Waals surface area contributed by atoms with E-state index in [2.05, 4.69) is 16.0 Å². The quantitative estimate of drug-likeness (QED) is 0.0565. The van der Waals surface area contributed by atoms with E-state index in [0.717, 1.165) is 11.8 Å². The number of benzene rings is 1. The van der Waals surface area contributed by atoms with Crippen molar-refractivity contribution < 1.29 is 53.4 Å². The minimum absolute atomic E-state index is 0.131. The molecule has 0 saturated carbocycles. The van der Waals surface area contributed by atoms with Crippen molar-refractivity contribution in [1.82, 2.24) is 25.8 Å². The van der Waals surface area contributed by atoms with E-state index >= 15 is 0 Å². The summed E-state index contributed by atoms with van der Waals surface area (Å²) in [5.41, 5.74) is 16.8. The van der Waals surface area contributed by atoms with E-state index in [1.54, 1.807) is 44.2 Å². The van der Waals surface area contributed by atoms with Crippen molar-refractivity contribution in [2.45, 2.75) is 108 Å². The Morgan fingerprint density at radius 3 is 2.11 bits per heavy atom. The highest BCUT2D eigenvalue weighted by Crippen LogP contribution is 2.20. The maximum Gasteiger partial charge on any atom is 0.252 e. The first-order valence-corrected chi connectivity index (χ1v) is 17.6. The van der Waals surface area contributed by atoms with Gasteiger partial charge >= 0.3 is 0 Å². The summed E-state index contributed by atoms with van der Waals surface area (Å²) < 4.78 is 0. The molecule has 0 aromatic heterocycles. The van der Waals surface area contributed by atoms with Gasteiger partial charge in [-0.3, -0.25) is 48.2 Å². The molecule has 19 heteroatoms. The lowest BCUT2D eigenvalue weighted by molar-refractivity contribution is -0.154. The zero-order valence-corrected chi connectivity index (χ0v) is 30.6. The molecule has 1 aliphatic heterocycles. The van der Waals surface area contributed by atoms with Crippen LogP contribution in [0.2, 0.25) is 0 Å². The van der Waals surface area contributed by atoms with Gasteiger partial charge in [0.2, 0.25) is 41.4 Å². The van der Waals surface area contributed by atoms with Crippen LogP contribution in [0.1, 0.15) is 64.9 Å². The van der Waals surface area contributed by atoms with Crippen LogP contribution in [0.4, 0.5) is 0 Å². The van der Waals surface area contributed by atoms with Crippen LogP contribution in [0.5, 0.6) is 0 Å². The average Bonchev–Trinajstić information content (AvgIpc) is 3.66. The van der Waals surface area contributed by atoms with E-state index < -0.39 is 128 Å². The van der Waals surface area contributed by atoms with Gasteiger partial charge in [0.1, 0.15) is 24.4 Å². The predicted molar refractivity (Wildman–Crippen MR) is 191 cm³/mol. The number of aliphatic hydroxyl groups is 2. The third-order valence-corrected chi connectivity index (χ3v) is 8.87. The molecule has 2 rings (SSSR count). The second-order valence-electron chi connectivity index (χ2n) is 13.5. The van der Waals surface area contributed by atoms with Gasteiger partial charge in [0.15, 0.2) is 0 Å². The number of hydrogen-bond donors (Lipinski definition) is 8. The molecule has 0 bridgehead atoms. The fraction of sp³-hybridized carbons (Fsp3) is 0.571. The molecule has 0 aliphatic carbocycles. The van der Waals surface area contributed by atoms with Crippen molar-refractivity contribution in [3.63, 3.8) is 0 Å². The van der Waals surface area contributed by atoms with Crippen molar-refractivity contribution in [3.05, 3.63) is 35.9 Å². The molecule has 1 fully saturated rings. The SMILES string of the molecule is CC(=O)N(C(=O)[C@H](CCC(N)=O)NC(=O)[C@@H](N)CO)[C@@H](CC(N)=O)C(=O)NC(Cc1ccccc1)C(O)CC(=O)N(C(=O)[C@@H]1CCCN1)[C@H](C=O)C(C)C. The van der Waals surface area contributed by atoms with E-state index in [-0.39, 0.29) is 6.42 Å². The number of carbonyl (C=O) groups excluding carboxylic acids is 9. The Hall–Kier alpha value is -5.11. The van der Waals surface area contributed by atoms with Crippen LogP contribution in [-0.4, -0.2) is 129 Å². The lowest BCUT2D eigenvalue weighted by Gasteiger charge is -2.34. The van der Waals surface area contributed by atoms with Crippen molar-refractivity contribution in [1.29, 1.82) is 0 Å². The van der Waals surface area contributed by atoms with Crippen LogP contribution >= 0.6 is 0 Å². The second kappa shape index (κ2) is 21.6. The summed E-state index contributed by atoms with van der Waals surface area (Å²) in [5.74, 6) is -8.57. The Morgan fingerprint density at radius 2 is 1.61 bits per heavy atom. The van der Waals surface area contributed by atoms with Gasteiger partial charge in [0, 0.05) is 13.3 Å². The third-order valence-electron chi connectivity index (χ3n) is 8.87.